The van der Waals surface area contributed by atoms with Gasteiger partial charge in [0.25, 0.3) is 0 Å². The van der Waals surface area contributed by atoms with E-state index in [2.05, 4.69) is 15.4 Å². The van der Waals surface area contributed by atoms with Crippen molar-refractivity contribution in [3.8, 4) is 0 Å². The van der Waals surface area contributed by atoms with Crippen LogP contribution in [0.25, 0.3) is 0 Å². The normalized spacial score (nSPS) is 29.5. The maximum atomic E-state index is 9.53. The van der Waals surface area contributed by atoms with Gasteiger partial charge >= 0.3 is 0 Å². The maximum Gasteiger partial charge on any atom is 0.180 e. The van der Waals surface area contributed by atoms with Crippen molar-refractivity contribution in [1.82, 2.24) is 20.2 Å². The molecule has 0 bridgehead atoms. The van der Waals surface area contributed by atoms with Crippen LogP contribution in [0.4, 0.5) is 0 Å². The third kappa shape index (κ3) is 1.20. The fourth-order valence-corrected chi connectivity index (χ4v) is 1.69. The summed E-state index contributed by atoms with van der Waals surface area (Å²) < 4.78 is 0. The molecule has 0 amide bonds. The molecular formula is C7H12N4O. The third-order valence-electron chi connectivity index (χ3n) is 2.33. The lowest BCUT2D eigenvalue weighted by molar-refractivity contribution is 0.160. The first-order valence-corrected chi connectivity index (χ1v) is 4.19. The van der Waals surface area contributed by atoms with Crippen LogP contribution < -0.4 is 0 Å². The Hall–Kier alpha value is -0.970. The van der Waals surface area contributed by atoms with Crippen molar-refractivity contribution >= 4 is 0 Å². The van der Waals surface area contributed by atoms with Crippen LogP contribution in [-0.4, -0.2) is 31.4 Å². The van der Waals surface area contributed by atoms with E-state index in [-0.39, 0.29) is 12.0 Å². The minimum absolute atomic E-state index is 0.110. The van der Waals surface area contributed by atoms with Crippen LogP contribution in [0.5, 0.6) is 0 Å². The average Bonchev–Trinajstić information content (AvgIpc) is 2.58. The van der Waals surface area contributed by atoms with E-state index in [4.69, 9.17) is 0 Å². The van der Waals surface area contributed by atoms with Crippen molar-refractivity contribution in [2.45, 2.75) is 31.3 Å². The SMILES string of the molecule is Cn1nnc([C@@H]2CCC[C@H]2O)n1. The summed E-state index contributed by atoms with van der Waals surface area (Å²) >= 11 is 0. The molecule has 0 radical (unpaired) electrons. The molecule has 5 nitrogen and oxygen atoms in total. The topological polar surface area (TPSA) is 63.8 Å². The van der Waals surface area contributed by atoms with Gasteiger partial charge in [-0.15, -0.1) is 10.2 Å². The van der Waals surface area contributed by atoms with Gasteiger partial charge in [0, 0.05) is 5.92 Å². The van der Waals surface area contributed by atoms with E-state index in [9.17, 15) is 5.11 Å². The average molecular weight is 168 g/mol. The van der Waals surface area contributed by atoms with Gasteiger partial charge in [0.2, 0.25) is 0 Å². The van der Waals surface area contributed by atoms with E-state index in [1.807, 2.05) is 0 Å². The molecule has 1 N–H and O–H groups in total. The molecule has 1 saturated carbocycles. The zero-order valence-electron chi connectivity index (χ0n) is 7.01. The van der Waals surface area contributed by atoms with Crippen LogP contribution in [0.3, 0.4) is 0 Å². The van der Waals surface area contributed by atoms with E-state index in [1.165, 1.54) is 4.80 Å². The summed E-state index contributed by atoms with van der Waals surface area (Å²) in [7, 11) is 1.73. The van der Waals surface area contributed by atoms with Crippen LogP contribution in [0, 0.1) is 0 Å². The standard InChI is InChI=1S/C7H12N4O/c1-11-9-7(8-10-11)5-3-2-4-6(5)12/h5-6,12H,2-4H2,1H3/t5-,6-/m1/s1. The second kappa shape index (κ2) is 2.82. The van der Waals surface area contributed by atoms with E-state index in [0.29, 0.717) is 5.82 Å². The molecule has 66 valence electrons. The summed E-state index contributed by atoms with van der Waals surface area (Å²) in [6, 6.07) is 0. The molecule has 0 spiro atoms. The number of nitrogens with zero attached hydrogens (tertiary/aromatic N) is 4. The van der Waals surface area contributed by atoms with Gasteiger partial charge < -0.3 is 5.11 Å². The molecule has 5 heteroatoms. The number of aliphatic hydroxyl groups excluding tert-OH is 1. The van der Waals surface area contributed by atoms with Gasteiger partial charge in [0.05, 0.1) is 13.2 Å². The second-order valence-corrected chi connectivity index (χ2v) is 3.24. The summed E-state index contributed by atoms with van der Waals surface area (Å²) in [6.07, 6.45) is 2.63. The first-order valence-electron chi connectivity index (χ1n) is 4.19. The molecule has 12 heavy (non-hydrogen) atoms. The number of aryl methyl sites for hydroxylation is 1. The molecule has 1 heterocycles. The zero-order chi connectivity index (χ0) is 8.55. The van der Waals surface area contributed by atoms with Crippen molar-refractivity contribution in [3.05, 3.63) is 5.82 Å². The Morgan fingerprint density at radius 2 is 2.33 bits per heavy atom. The summed E-state index contributed by atoms with van der Waals surface area (Å²) in [5.41, 5.74) is 0. The van der Waals surface area contributed by atoms with E-state index >= 15 is 0 Å². The van der Waals surface area contributed by atoms with Gasteiger partial charge in [-0.2, -0.15) is 4.80 Å². The van der Waals surface area contributed by atoms with Crippen LogP contribution >= 0.6 is 0 Å². The fraction of sp³-hybridized carbons (Fsp3) is 0.857. The molecule has 1 aromatic heterocycles. The highest BCUT2D eigenvalue weighted by Gasteiger charge is 2.29. The Morgan fingerprint density at radius 1 is 1.50 bits per heavy atom. The van der Waals surface area contributed by atoms with Crippen LogP contribution in [0.15, 0.2) is 0 Å². The zero-order valence-corrected chi connectivity index (χ0v) is 7.01. The van der Waals surface area contributed by atoms with E-state index in [1.54, 1.807) is 7.05 Å². The highest BCUT2D eigenvalue weighted by Crippen LogP contribution is 2.31. The molecule has 0 aliphatic heterocycles. The molecule has 1 aliphatic carbocycles. The minimum atomic E-state index is -0.269. The van der Waals surface area contributed by atoms with Gasteiger partial charge in [-0.1, -0.05) is 6.42 Å². The predicted octanol–water partition coefficient (Wildman–Crippen LogP) is -0.162. The lowest BCUT2D eigenvalue weighted by Crippen LogP contribution is -2.12. The number of aliphatic hydroxyl groups is 1. The quantitative estimate of drug-likeness (QED) is 0.632. The first-order chi connectivity index (χ1) is 5.77. The molecule has 1 aromatic rings. The molecule has 1 fully saturated rings. The molecule has 2 rings (SSSR count). The van der Waals surface area contributed by atoms with Gasteiger partial charge in [-0.25, -0.2) is 0 Å². The monoisotopic (exact) mass is 168 g/mol. The van der Waals surface area contributed by atoms with Gasteiger partial charge in [-0.05, 0) is 18.1 Å². The summed E-state index contributed by atoms with van der Waals surface area (Å²) in [6.45, 7) is 0. The molecule has 0 aromatic carbocycles. The van der Waals surface area contributed by atoms with Crippen molar-refractivity contribution in [3.63, 3.8) is 0 Å². The van der Waals surface area contributed by atoms with Gasteiger partial charge in [0.1, 0.15) is 0 Å². The summed E-state index contributed by atoms with van der Waals surface area (Å²) in [4.78, 5) is 1.43. The summed E-state index contributed by atoms with van der Waals surface area (Å²) in [5.74, 6) is 0.793. The number of rotatable bonds is 1. The van der Waals surface area contributed by atoms with Gasteiger partial charge in [0.15, 0.2) is 5.82 Å². The Labute approximate surface area is 70.4 Å². The van der Waals surface area contributed by atoms with Crippen LogP contribution in [0.2, 0.25) is 0 Å². The lowest BCUT2D eigenvalue weighted by atomic mass is 10.1. The van der Waals surface area contributed by atoms with Crippen molar-refractivity contribution in [2.75, 3.05) is 0 Å². The molecule has 0 saturated heterocycles. The summed E-state index contributed by atoms with van der Waals surface area (Å²) in [5, 5.41) is 21.2. The largest absolute Gasteiger partial charge is 0.392 e. The lowest BCUT2D eigenvalue weighted by Gasteiger charge is -2.07. The molecular weight excluding hydrogens is 156 g/mol. The maximum absolute atomic E-state index is 9.53. The van der Waals surface area contributed by atoms with Crippen LogP contribution in [-0.2, 0) is 7.05 Å². The Bertz CT molecular complexity index is 272. The number of hydrogen-bond donors (Lipinski definition) is 1. The predicted molar refractivity (Wildman–Crippen MR) is 41.4 cm³/mol. The highest BCUT2D eigenvalue weighted by atomic mass is 16.3. The highest BCUT2D eigenvalue weighted by molar-refractivity contribution is 4.98. The molecule has 0 unspecified atom stereocenters. The Kier molecular flexibility index (Phi) is 1.80. The van der Waals surface area contributed by atoms with Crippen molar-refractivity contribution < 1.29 is 5.11 Å². The van der Waals surface area contributed by atoms with E-state index in [0.717, 1.165) is 19.3 Å². The minimum Gasteiger partial charge on any atom is -0.392 e. The van der Waals surface area contributed by atoms with E-state index < -0.39 is 0 Å². The molecule has 2 atom stereocenters. The smallest absolute Gasteiger partial charge is 0.180 e. The van der Waals surface area contributed by atoms with Gasteiger partial charge in [-0.3, -0.25) is 0 Å². The van der Waals surface area contributed by atoms with Crippen LogP contribution in [0.1, 0.15) is 31.0 Å². The van der Waals surface area contributed by atoms with Crippen molar-refractivity contribution in [2.24, 2.45) is 7.05 Å². The second-order valence-electron chi connectivity index (χ2n) is 3.24. The number of aromatic nitrogens is 4. The number of hydrogen-bond acceptors (Lipinski definition) is 4. The third-order valence-corrected chi connectivity index (χ3v) is 2.33. The van der Waals surface area contributed by atoms with Crippen molar-refractivity contribution in [1.29, 1.82) is 0 Å². The Morgan fingerprint density at radius 3 is 2.83 bits per heavy atom. The first kappa shape index (κ1) is 7.67. The fourth-order valence-electron chi connectivity index (χ4n) is 1.69. The number of tetrazole rings is 1. The molecule has 1 aliphatic rings. The Balaban J connectivity index is 2.19.